The molecule has 0 saturated carbocycles. The number of hydrogen-bond donors (Lipinski definition) is 0. The second kappa shape index (κ2) is 6.08. The van der Waals surface area contributed by atoms with Gasteiger partial charge in [-0.15, -0.1) is 11.6 Å². The molecule has 0 aromatic heterocycles. The van der Waals surface area contributed by atoms with Crippen LogP contribution in [0.1, 0.15) is 16.5 Å². The molecule has 100 valence electrons. The molecular weight excluding hydrogens is 313 g/mol. The van der Waals surface area contributed by atoms with E-state index in [0.717, 1.165) is 12.1 Å². The fourth-order valence-electron chi connectivity index (χ4n) is 1.74. The van der Waals surface area contributed by atoms with E-state index in [9.17, 15) is 8.78 Å². The van der Waals surface area contributed by atoms with Gasteiger partial charge in [-0.05, 0) is 41.8 Å². The highest BCUT2D eigenvalue weighted by atomic mass is 35.5. The van der Waals surface area contributed by atoms with Crippen LogP contribution in [-0.4, -0.2) is 0 Å². The van der Waals surface area contributed by atoms with E-state index < -0.39 is 17.0 Å². The van der Waals surface area contributed by atoms with Crippen LogP contribution in [0.4, 0.5) is 8.78 Å². The summed E-state index contributed by atoms with van der Waals surface area (Å²) in [6.45, 7) is 0. The number of benzene rings is 2. The highest BCUT2D eigenvalue weighted by molar-refractivity contribution is 6.35. The predicted octanol–water partition coefficient (Wildman–Crippen LogP) is 5.79. The molecule has 0 amide bonds. The minimum atomic E-state index is -0.886. The van der Waals surface area contributed by atoms with Crippen molar-refractivity contribution >= 4 is 34.8 Å². The molecule has 0 radical (unpaired) electrons. The van der Waals surface area contributed by atoms with Gasteiger partial charge >= 0.3 is 0 Å². The molecule has 0 bridgehead atoms. The number of hydrogen-bond acceptors (Lipinski definition) is 0. The van der Waals surface area contributed by atoms with E-state index in [1.807, 2.05) is 0 Å². The lowest BCUT2D eigenvalue weighted by Gasteiger charge is -2.12. The number of alkyl halides is 1. The van der Waals surface area contributed by atoms with Gasteiger partial charge in [0, 0.05) is 10.0 Å². The summed E-state index contributed by atoms with van der Waals surface area (Å²) < 4.78 is 25.9. The van der Waals surface area contributed by atoms with E-state index in [1.54, 1.807) is 18.2 Å². The Morgan fingerprint density at radius 3 is 2.32 bits per heavy atom. The third-order valence-corrected chi connectivity index (χ3v) is 3.65. The second-order valence-electron chi connectivity index (χ2n) is 4.09. The Bertz CT molecular complexity index is 599. The van der Waals surface area contributed by atoms with Gasteiger partial charge in [0.2, 0.25) is 0 Å². The highest BCUT2D eigenvalue weighted by Crippen LogP contribution is 2.32. The van der Waals surface area contributed by atoms with Gasteiger partial charge in [-0.1, -0.05) is 35.3 Å². The zero-order valence-corrected chi connectivity index (χ0v) is 11.9. The molecular formula is C14H9Cl3F2. The monoisotopic (exact) mass is 320 g/mol. The zero-order chi connectivity index (χ0) is 14.0. The molecule has 0 saturated heterocycles. The van der Waals surface area contributed by atoms with Crippen LogP contribution in [0.15, 0.2) is 36.4 Å². The van der Waals surface area contributed by atoms with Gasteiger partial charge in [0.15, 0.2) is 11.6 Å². The van der Waals surface area contributed by atoms with Crippen LogP contribution in [0.3, 0.4) is 0 Å². The summed E-state index contributed by atoms with van der Waals surface area (Å²) in [5.74, 6) is -1.76. The first-order valence-electron chi connectivity index (χ1n) is 5.50. The van der Waals surface area contributed by atoms with Crippen molar-refractivity contribution in [1.82, 2.24) is 0 Å². The summed E-state index contributed by atoms with van der Waals surface area (Å²) in [5.41, 5.74) is 1.31. The van der Waals surface area contributed by atoms with Gasteiger partial charge in [0.1, 0.15) is 0 Å². The van der Waals surface area contributed by atoms with Gasteiger partial charge < -0.3 is 0 Å². The van der Waals surface area contributed by atoms with Gasteiger partial charge in [0.05, 0.1) is 5.38 Å². The van der Waals surface area contributed by atoms with Crippen molar-refractivity contribution in [2.24, 2.45) is 0 Å². The normalized spacial score (nSPS) is 12.5. The SMILES string of the molecule is Fc1ccc(CC(Cl)c2ccc(Cl)cc2Cl)cc1F. The quantitative estimate of drug-likeness (QED) is 0.627. The van der Waals surface area contributed by atoms with Gasteiger partial charge in [-0.2, -0.15) is 0 Å². The lowest BCUT2D eigenvalue weighted by Crippen LogP contribution is -1.98. The summed E-state index contributed by atoms with van der Waals surface area (Å²) in [4.78, 5) is 0. The number of halogens is 5. The van der Waals surface area contributed by atoms with Gasteiger partial charge in [-0.25, -0.2) is 8.78 Å². The molecule has 0 fully saturated rings. The molecule has 2 aromatic rings. The summed E-state index contributed by atoms with van der Waals surface area (Å²) in [6.07, 6.45) is 0.347. The average Bonchev–Trinajstić information content (AvgIpc) is 2.33. The highest BCUT2D eigenvalue weighted by Gasteiger charge is 2.14. The van der Waals surface area contributed by atoms with Gasteiger partial charge in [0.25, 0.3) is 0 Å². The molecule has 0 nitrogen and oxygen atoms in total. The van der Waals surface area contributed by atoms with Crippen molar-refractivity contribution in [1.29, 1.82) is 0 Å². The summed E-state index contributed by atoms with van der Waals surface area (Å²) in [7, 11) is 0. The maximum atomic E-state index is 13.1. The first-order chi connectivity index (χ1) is 8.97. The van der Waals surface area contributed by atoms with E-state index in [1.165, 1.54) is 6.07 Å². The van der Waals surface area contributed by atoms with E-state index in [2.05, 4.69) is 0 Å². The van der Waals surface area contributed by atoms with Crippen molar-refractivity contribution < 1.29 is 8.78 Å². The molecule has 2 aromatic carbocycles. The summed E-state index contributed by atoms with van der Waals surface area (Å²) in [5, 5.41) is 0.537. The zero-order valence-electron chi connectivity index (χ0n) is 9.64. The lowest BCUT2D eigenvalue weighted by atomic mass is 10.0. The Morgan fingerprint density at radius 2 is 1.68 bits per heavy atom. The molecule has 0 N–H and O–H groups in total. The van der Waals surface area contributed by atoms with Crippen LogP contribution >= 0.6 is 34.8 Å². The minimum absolute atomic E-state index is 0.347. The molecule has 0 aliphatic rings. The Hall–Kier alpha value is -0.830. The van der Waals surface area contributed by atoms with E-state index in [-0.39, 0.29) is 0 Å². The topological polar surface area (TPSA) is 0 Å². The van der Waals surface area contributed by atoms with Crippen LogP contribution in [-0.2, 0) is 6.42 Å². The lowest BCUT2D eigenvalue weighted by molar-refractivity contribution is 0.507. The largest absolute Gasteiger partial charge is 0.204 e. The third kappa shape index (κ3) is 3.59. The van der Waals surface area contributed by atoms with Crippen LogP contribution in [0.5, 0.6) is 0 Å². The molecule has 1 atom stereocenters. The molecule has 5 heteroatoms. The van der Waals surface area contributed by atoms with Crippen molar-refractivity contribution in [2.45, 2.75) is 11.8 Å². The number of rotatable bonds is 3. The van der Waals surface area contributed by atoms with E-state index >= 15 is 0 Å². The van der Waals surface area contributed by atoms with Crippen molar-refractivity contribution in [2.75, 3.05) is 0 Å². The molecule has 0 aliphatic carbocycles. The Labute approximate surface area is 124 Å². The van der Waals surface area contributed by atoms with Crippen LogP contribution < -0.4 is 0 Å². The third-order valence-electron chi connectivity index (χ3n) is 2.70. The first kappa shape index (κ1) is 14.6. The Morgan fingerprint density at radius 1 is 0.947 bits per heavy atom. The predicted molar refractivity (Wildman–Crippen MR) is 75.1 cm³/mol. The maximum Gasteiger partial charge on any atom is 0.159 e. The first-order valence-corrected chi connectivity index (χ1v) is 6.69. The van der Waals surface area contributed by atoms with Crippen molar-refractivity contribution in [3.05, 3.63) is 69.2 Å². The fraction of sp³-hybridized carbons (Fsp3) is 0.143. The fourth-order valence-corrected chi connectivity index (χ4v) is 2.70. The average molecular weight is 322 g/mol. The molecule has 0 spiro atoms. The maximum absolute atomic E-state index is 13.1. The van der Waals surface area contributed by atoms with Gasteiger partial charge in [-0.3, -0.25) is 0 Å². The van der Waals surface area contributed by atoms with Crippen LogP contribution in [0, 0.1) is 11.6 Å². The van der Waals surface area contributed by atoms with Crippen molar-refractivity contribution in [3.63, 3.8) is 0 Å². The molecule has 1 unspecified atom stereocenters. The summed E-state index contributed by atoms with van der Waals surface area (Å²) in [6, 6.07) is 8.72. The van der Waals surface area contributed by atoms with Crippen LogP contribution in [0.25, 0.3) is 0 Å². The standard InChI is InChI=1S/C14H9Cl3F2/c15-9-2-3-10(12(17)7-9)11(16)5-8-1-4-13(18)14(19)6-8/h1-4,6-7,11H,5H2. The Balaban J connectivity index is 2.20. The smallest absolute Gasteiger partial charge is 0.159 e. The second-order valence-corrected chi connectivity index (χ2v) is 5.46. The van der Waals surface area contributed by atoms with E-state index in [0.29, 0.717) is 27.6 Å². The molecule has 2 rings (SSSR count). The van der Waals surface area contributed by atoms with Crippen LogP contribution in [0.2, 0.25) is 10.0 Å². The molecule has 19 heavy (non-hydrogen) atoms. The minimum Gasteiger partial charge on any atom is -0.204 e. The molecule has 0 heterocycles. The van der Waals surface area contributed by atoms with Crippen molar-refractivity contribution in [3.8, 4) is 0 Å². The summed E-state index contributed by atoms with van der Waals surface area (Å²) >= 11 is 18.1. The Kier molecular flexibility index (Phi) is 4.67. The molecule has 0 aliphatic heterocycles. The van der Waals surface area contributed by atoms with E-state index in [4.69, 9.17) is 34.8 Å².